The van der Waals surface area contributed by atoms with Gasteiger partial charge in [-0.05, 0) is 42.0 Å². The first-order valence-electron chi connectivity index (χ1n) is 7.53. The third kappa shape index (κ3) is 3.99. The van der Waals surface area contributed by atoms with E-state index >= 15 is 0 Å². The zero-order valence-corrected chi connectivity index (χ0v) is 14.4. The van der Waals surface area contributed by atoms with Crippen LogP contribution in [0, 0.1) is 5.82 Å². The van der Waals surface area contributed by atoms with Crippen LogP contribution in [0.25, 0.3) is 22.4 Å². The van der Waals surface area contributed by atoms with E-state index in [-0.39, 0.29) is 16.2 Å². The number of benzene rings is 2. The van der Waals surface area contributed by atoms with Gasteiger partial charge in [-0.15, -0.1) is 0 Å². The maximum absolute atomic E-state index is 14.3. The second kappa shape index (κ2) is 6.75. The lowest BCUT2D eigenvalue weighted by atomic mass is 9.98. The van der Waals surface area contributed by atoms with Gasteiger partial charge in [-0.3, -0.25) is 4.98 Å². The third-order valence-electron chi connectivity index (χ3n) is 3.85. The summed E-state index contributed by atoms with van der Waals surface area (Å²) in [5, 5.41) is 5.08. The summed E-state index contributed by atoms with van der Waals surface area (Å²) in [6.45, 7) is 0. The van der Waals surface area contributed by atoms with E-state index in [1.54, 1.807) is 6.07 Å². The molecule has 0 unspecified atom stereocenters. The zero-order valence-electron chi connectivity index (χ0n) is 13.5. The zero-order chi connectivity index (χ0) is 19.8. The average Bonchev–Trinajstić information content (AvgIpc) is 2.60. The third-order valence-corrected chi connectivity index (χ3v) is 4.76. The molecule has 0 fully saturated rings. The van der Waals surface area contributed by atoms with E-state index < -0.39 is 27.6 Å². The summed E-state index contributed by atoms with van der Waals surface area (Å²) in [7, 11) is -4.07. The van der Waals surface area contributed by atoms with Crippen molar-refractivity contribution in [3.05, 3.63) is 72.2 Å². The van der Waals surface area contributed by atoms with Crippen molar-refractivity contribution < 1.29 is 26.0 Å². The lowest BCUT2D eigenvalue weighted by Crippen LogP contribution is -2.12. The van der Waals surface area contributed by atoms with Crippen LogP contribution in [0.5, 0.6) is 0 Å². The molecule has 0 aliphatic heterocycles. The molecule has 0 amide bonds. The number of hydrogen-bond acceptors (Lipinski definition) is 3. The number of pyridine rings is 1. The van der Waals surface area contributed by atoms with Gasteiger partial charge in [0.15, 0.2) is 0 Å². The SMILES string of the molecule is NS(=O)(=O)c1ccc(F)c(-c2ncccc2-c2ccc(C(F)(F)F)cc2)c1. The van der Waals surface area contributed by atoms with Crippen molar-refractivity contribution in [3.63, 3.8) is 0 Å². The Hall–Kier alpha value is -2.78. The second-order valence-corrected chi connectivity index (χ2v) is 7.22. The summed E-state index contributed by atoms with van der Waals surface area (Å²) in [4.78, 5) is 3.78. The van der Waals surface area contributed by atoms with Crippen molar-refractivity contribution in [2.75, 3.05) is 0 Å². The minimum Gasteiger partial charge on any atom is -0.255 e. The summed E-state index contributed by atoms with van der Waals surface area (Å²) in [5.74, 6) is -0.741. The highest BCUT2D eigenvalue weighted by atomic mass is 32.2. The molecular formula is C18H12F4N2O2S. The molecule has 0 spiro atoms. The molecule has 0 bridgehead atoms. The van der Waals surface area contributed by atoms with Gasteiger partial charge in [0.2, 0.25) is 10.0 Å². The van der Waals surface area contributed by atoms with Gasteiger partial charge in [0.1, 0.15) is 5.82 Å². The Morgan fingerprint density at radius 1 is 0.926 bits per heavy atom. The van der Waals surface area contributed by atoms with Gasteiger partial charge >= 0.3 is 6.18 Å². The molecule has 3 rings (SSSR count). The van der Waals surface area contributed by atoms with Crippen molar-refractivity contribution in [1.29, 1.82) is 0 Å². The molecule has 2 aromatic carbocycles. The molecule has 140 valence electrons. The van der Waals surface area contributed by atoms with Gasteiger partial charge in [-0.1, -0.05) is 18.2 Å². The monoisotopic (exact) mass is 396 g/mol. The molecule has 3 aromatic rings. The number of rotatable bonds is 3. The van der Waals surface area contributed by atoms with Gasteiger partial charge < -0.3 is 0 Å². The fourth-order valence-electron chi connectivity index (χ4n) is 2.55. The number of aromatic nitrogens is 1. The molecular weight excluding hydrogens is 384 g/mol. The van der Waals surface area contributed by atoms with Gasteiger partial charge in [-0.2, -0.15) is 13.2 Å². The summed E-state index contributed by atoms with van der Waals surface area (Å²) in [6.07, 6.45) is -3.11. The Morgan fingerprint density at radius 3 is 2.19 bits per heavy atom. The summed E-state index contributed by atoms with van der Waals surface area (Å²) in [5.41, 5.74) is -0.153. The van der Waals surface area contributed by atoms with E-state index in [9.17, 15) is 26.0 Å². The van der Waals surface area contributed by atoms with E-state index in [4.69, 9.17) is 5.14 Å². The summed E-state index contributed by atoms with van der Waals surface area (Å²) in [6, 6.07) is 10.4. The van der Waals surface area contributed by atoms with Crippen LogP contribution >= 0.6 is 0 Å². The van der Waals surface area contributed by atoms with Crippen LogP contribution in [0.15, 0.2) is 65.7 Å². The number of nitrogens with zero attached hydrogens (tertiary/aromatic N) is 1. The molecule has 1 aromatic heterocycles. The topological polar surface area (TPSA) is 73.1 Å². The van der Waals surface area contributed by atoms with Gasteiger partial charge in [0.25, 0.3) is 0 Å². The fraction of sp³-hybridized carbons (Fsp3) is 0.0556. The maximum atomic E-state index is 14.3. The van der Waals surface area contributed by atoms with Crippen molar-refractivity contribution in [2.45, 2.75) is 11.1 Å². The minimum absolute atomic E-state index is 0.0836. The predicted octanol–water partition coefficient (Wildman–Crippen LogP) is 4.22. The molecule has 0 radical (unpaired) electrons. The number of halogens is 4. The Labute approximate surface area is 152 Å². The highest BCUT2D eigenvalue weighted by molar-refractivity contribution is 7.89. The van der Waals surface area contributed by atoms with Crippen LogP contribution in [0.3, 0.4) is 0 Å². The van der Waals surface area contributed by atoms with Crippen LogP contribution in [-0.2, 0) is 16.2 Å². The maximum Gasteiger partial charge on any atom is 0.416 e. The Balaban J connectivity index is 2.16. The molecule has 2 N–H and O–H groups in total. The number of alkyl halides is 3. The van der Waals surface area contributed by atoms with Crippen LogP contribution < -0.4 is 5.14 Å². The molecule has 0 saturated carbocycles. The quantitative estimate of drug-likeness (QED) is 0.674. The Bertz CT molecular complexity index is 1100. The fourth-order valence-corrected chi connectivity index (χ4v) is 3.09. The van der Waals surface area contributed by atoms with E-state index in [2.05, 4.69) is 4.98 Å². The van der Waals surface area contributed by atoms with Crippen molar-refractivity contribution in [2.24, 2.45) is 5.14 Å². The standard InChI is InChI=1S/C18H12F4N2O2S/c19-16-8-7-13(27(23,25)26)10-15(16)17-14(2-1-9-24-17)11-3-5-12(6-4-11)18(20,21)22/h1-10H,(H2,23,25,26). The van der Waals surface area contributed by atoms with Crippen LogP contribution in [0.4, 0.5) is 17.6 Å². The first-order valence-corrected chi connectivity index (χ1v) is 9.07. The Morgan fingerprint density at radius 2 is 1.59 bits per heavy atom. The lowest BCUT2D eigenvalue weighted by Gasteiger charge is -2.12. The van der Waals surface area contributed by atoms with E-state index in [0.29, 0.717) is 11.1 Å². The lowest BCUT2D eigenvalue weighted by molar-refractivity contribution is -0.137. The predicted molar refractivity (Wildman–Crippen MR) is 91.4 cm³/mol. The molecule has 27 heavy (non-hydrogen) atoms. The smallest absolute Gasteiger partial charge is 0.255 e. The molecule has 0 aliphatic carbocycles. The van der Waals surface area contributed by atoms with Gasteiger partial charge in [0.05, 0.1) is 16.2 Å². The highest BCUT2D eigenvalue weighted by Gasteiger charge is 2.30. The van der Waals surface area contributed by atoms with Crippen LogP contribution in [-0.4, -0.2) is 13.4 Å². The number of hydrogen-bond donors (Lipinski definition) is 1. The first kappa shape index (κ1) is 19.0. The molecule has 1 heterocycles. The highest BCUT2D eigenvalue weighted by Crippen LogP contribution is 2.35. The number of nitrogens with two attached hydrogens (primary N) is 1. The Kier molecular flexibility index (Phi) is 4.75. The molecule has 9 heteroatoms. The van der Waals surface area contributed by atoms with Gasteiger partial charge in [-0.25, -0.2) is 17.9 Å². The number of primary sulfonamides is 1. The minimum atomic E-state index is -4.48. The number of sulfonamides is 1. The normalized spacial score (nSPS) is 12.2. The van der Waals surface area contributed by atoms with Crippen LogP contribution in [0.1, 0.15) is 5.56 Å². The first-order chi connectivity index (χ1) is 12.6. The van der Waals surface area contributed by atoms with Crippen LogP contribution in [0.2, 0.25) is 0 Å². The molecule has 0 atom stereocenters. The molecule has 0 saturated heterocycles. The van der Waals surface area contributed by atoms with E-state index in [1.807, 2.05) is 0 Å². The van der Waals surface area contributed by atoms with Crippen molar-refractivity contribution in [3.8, 4) is 22.4 Å². The summed E-state index contributed by atoms with van der Waals surface area (Å²) >= 11 is 0. The van der Waals surface area contributed by atoms with E-state index in [0.717, 1.165) is 30.3 Å². The largest absolute Gasteiger partial charge is 0.416 e. The average molecular weight is 396 g/mol. The second-order valence-electron chi connectivity index (χ2n) is 5.66. The molecule has 4 nitrogen and oxygen atoms in total. The van der Waals surface area contributed by atoms with Crippen molar-refractivity contribution in [1.82, 2.24) is 4.98 Å². The summed E-state index contributed by atoms with van der Waals surface area (Å²) < 4.78 is 75.7. The molecule has 0 aliphatic rings. The van der Waals surface area contributed by atoms with Gasteiger partial charge in [0, 0.05) is 17.3 Å². The van der Waals surface area contributed by atoms with E-state index in [1.165, 1.54) is 24.4 Å². The van der Waals surface area contributed by atoms with Crippen molar-refractivity contribution >= 4 is 10.0 Å².